The Morgan fingerprint density at radius 2 is 2.17 bits per heavy atom. The van der Waals surface area contributed by atoms with E-state index >= 15 is 0 Å². The number of aliphatic hydroxyl groups is 1. The Balaban J connectivity index is 1.89. The van der Waals surface area contributed by atoms with Gasteiger partial charge >= 0.3 is 0 Å². The fourth-order valence-corrected chi connectivity index (χ4v) is 2.56. The zero-order valence-corrected chi connectivity index (χ0v) is 10.8. The number of aliphatic hydroxyl groups excluding tert-OH is 1. The molecule has 5 heteroatoms. The lowest BCUT2D eigenvalue weighted by atomic mass is 9.80. The summed E-state index contributed by atoms with van der Waals surface area (Å²) in [6.07, 6.45) is 6.46. The molecule has 1 fully saturated rings. The lowest BCUT2D eigenvalue weighted by Crippen LogP contribution is -2.29. The van der Waals surface area contributed by atoms with Crippen LogP contribution in [0.5, 0.6) is 5.88 Å². The molecule has 0 saturated heterocycles. The zero-order valence-electron chi connectivity index (χ0n) is 10.8. The summed E-state index contributed by atoms with van der Waals surface area (Å²) in [6.45, 7) is 1.10. The molecular formula is C13H21N3O2. The van der Waals surface area contributed by atoms with Gasteiger partial charge in [0.25, 0.3) is 0 Å². The van der Waals surface area contributed by atoms with Gasteiger partial charge in [-0.1, -0.05) is 12.8 Å². The first-order chi connectivity index (χ1) is 8.83. The average molecular weight is 251 g/mol. The van der Waals surface area contributed by atoms with Gasteiger partial charge in [0.05, 0.1) is 7.11 Å². The number of hydrogen-bond donors (Lipinski definition) is 2. The van der Waals surface area contributed by atoms with E-state index in [9.17, 15) is 5.11 Å². The van der Waals surface area contributed by atoms with Gasteiger partial charge in [0.15, 0.2) is 0 Å². The average Bonchev–Trinajstić information content (AvgIpc) is 2.45. The second-order valence-electron chi connectivity index (χ2n) is 4.79. The van der Waals surface area contributed by atoms with E-state index in [4.69, 9.17) is 4.74 Å². The molecule has 18 heavy (non-hydrogen) atoms. The van der Waals surface area contributed by atoms with Crippen LogP contribution in [0, 0.1) is 11.8 Å². The Bertz CT molecular complexity index is 373. The third kappa shape index (κ3) is 3.32. The van der Waals surface area contributed by atoms with Crippen LogP contribution >= 0.6 is 0 Å². The van der Waals surface area contributed by atoms with Crippen molar-refractivity contribution in [2.45, 2.75) is 25.7 Å². The van der Waals surface area contributed by atoms with Crippen molar-refractivity contribution in [1.82, 2.24) is 9.97 Å². The Morgan fingerprint density at radius 3 is 2.89 bits per heavy atom. The molecule has 1 saturated carbocycles. The van der Waals surface area contributed by atoms with Crippen molar-refractivity contribution >= 4 is 5.95 Å². The second kappa shape index (κ2) is 6.54. The maximum absolute atomic E-state index is 9.36. The minimum atomic E-state index is 0.283. The van der Waals surface area contributed by atoms with E-state index in [1.165, 1.54) is 19.3 Å². The van der Waals surface area contributed by atoms with Gasteiger partial charge in [-0.25, -0.2) is 4.98 Å². The molecule has 0 radical (unpaired) electrons. The van der Waals surface area contributed by atoms with Gasteiger partial charge in [-0.2, -0.15) is 4.98 Å². The SMILES string of the molecule is COc1ccnc(NCC2CCCCC2CO)n1. The predicted molar refractivity (Wildman–Crippen MR) is 69.6 cm³/mol. The maximum atomic E-state index is 9.36. The van der Waals surface area contributed by atoms with Crippen molar-refractivity contribution in [3.8, 4) is 5.88 Å². The van der Waals surface area contributed by atoms with Crippen molar-refractivity contribution in [3.63, 3.8) is 0 Å². The van der Waals surface area contributed by atoms with E-state index in [1.54, 1.807) is 19.4 Å². The van der Waals surface area contributed by atoms with Crippen molar-refractivity contribution < 1.29 is 9.84 Å². The van der Waals surface area contributed by atoms with Crippen LogP contribution in [0.15, 0.2) is 12.3 Å². The molecule has 0 aliphatic heterocycles. The van der Waals surface area contributed by atoms with E-state index in [-0.39, 0.29) is 6.61 Å². The van der Waals surface area contributed by atoms with Gasteiger partial charge in [0.1, 0.15) is 0 Å². The van der Waals surface area contributed by atoms with Crippen molar-refractivity contribution in [3.05, 3.63) is 12.3 Å². The Morgan fingerprint density at radius 1 is 1.39 bits per heavy atom. The fourth-order valence-electron chi connectivity index (χ4n) is 2.56. The van der Waals surface area contributed by atoms with Gasteiger partial charge in [0, 0.05) is 25.4 Å². The van der Waals surface area contributed by atoms with E-state index in [1.807, 2.05) is 0 Å². The standard InChI is InChI=1S/C13H21N3O2/c1-18-12-6-7-14-13(16-12)15-8-10-4-2-3-5-11(10)9-17/h6-7,10-11,17H,2-5,8-9H2,1H3,(H,14,15,16). The van der Waals surface area contributed by atoms with E-state index in [2.05, 4.69) is 15.3 Å². The first-order valence-corrected chi connectivity index (χ1v) is 6.55. The van der Waals surface area contributed by atoms with E-state index in [0.717, 1.165) is 13.0 Å². The van der Waals surface area contributed by atoms with Gasteiger partial charge in [-0.15, -0.1) is 0 Å². The molecular weight excluding hydrogens is 230 g/mol. The van der Waals surface area contributed by atoms with Crippen LogP contribution in [0.3, 0.4) is 0 Å². The smallest absolute Gasteiger partial charge is 0.225 e. The molecule has 1 aliphatic carbocycles. The molecule has 0 aromatic carbocycles. The minimum Gasteiger partial charge on any atom is -0.481 e. The van der Waals surface area contributed by atoms with Crippen LogP contribution in [0.2, 0.25) is 0 Å². The highest BCUT2D eigenvalue weighted by Gasteiger charge is 2.24. The highest BCUT2D eigenvalue weighted by molar-refractivity contribution is 5.27. The monoisotopic (exact) mass is 251 g/mol. The van der Waals surface area contributed by atoms with Crippen LogP contribution in [0.1, 0.15) is 25.7 Å². The molecule has 100 valence electrons. The zero-order chi connectivity index (χ0) is 12.8. The number of nitrogens with one attached hydrogen (secondary N) is 1. The van der Waals surface area contributed by atoms with Crippen LogP contribution in [-0.2, 0) is 0 Å². The lowest BCUT2D eigenvalue weighted by molar-refractivity contribution is 0.141. The van der Waals surface area contributed by atoms with Gasteiger partial charge in [-0.3, -0.25) is 0 Å². The highest BCUT2D eigenvalue weighted by Crippen LogP contribution is 2.29. The summed E-state index contributed by atoms with van der Waals surface area (Å²) in [6, 6.07) is 1.72. The maximum Gasteiger partial charge on any atom is 0.225 e. The summed E-state index contributed by atoms with van der Waals surface area (Å²) in [5, 5.41) is 12.6. The van der Waals surface area contributed by atoms with Crippen LogP contribution < -0.4 is 10.1 Å². The Hall–Kier alpha value is -1.36. The Kier molecular flexibility index (Phi) is 4.75. The summed E-state index contributed by atoms with van der Waals surface area (Å²) in [5.41, 5.74) is 0. The van der Waals surface area contributed by atoms with E-state index < -0.39 is 0 Å². The highest BCUT2D eigenvalue weighted by atomic mass is 16.5. The minimum absolute atomic E-state index is 0.283. The number of hydrogen-bond acceptors (Lipinski definition) is 5. The molecule has 1 aliphatic rings. The lowest BCUT2D eigenvalue weighted by Gasteiger charge is -2.30. The molecule has 2 unspecified atom stereocenters. The topological polar surface area (TPSA) is 67.3 Å². The molecule has 5 nitrogen and oxygen atoms in total. The first-order valence-electron chi connectivity index (χ1n) is 6.55. The van der Waals surface area contributed by atoms with Crippen molar-refractivity contribution in [2.75, 3.05) is 25.6 Å². The van der Waals surface area contributed by atoms with Crippen molar-refractivity contribution in [1.29, 1.82) is 0 Å². The molecule has 0 bridgehead atoms. The number of rotatable bonds is 5. The molecule has 0 spiro atoms. The Labute approximate surface area is 108 Å². The molecule has 0 amide bonds. The van der Waals surface area contributed by atoms with Gasteiger partial charge in [0.2, 0.25) is 11.8 Å². The fraction of sp³-hybridized carbons (Fsp3) is 0.692. The summed E-state index contributed by atoms with van der Waals surface area (Å²) >= 11 is 0. The number of methoxy groups -OCH3 is 1. The van der Waals surface area contributed by atoms with Crippen LogP contribution in [0.4, 0.5) is 5.95 Å². The second-order valence-corrected chi connectivity index (χ2v) is 4.79. The van der Waals surface area contributed by atoms with Crippen molar-refractivity contribution in [2.24, 2.45) is 11.8 Å². The largest absolute Gasteiger partial charge is 0.481 e. The summed E-state index contributed by atoms with van der Waals surface area (Å²) in [7, 11) is 1.59. The molecule has 2 N–H and O–H groups in total. The quantitative estimate of drug-likeness (QED) is 0.833. The normalized spacial score (nSPS) is 23.7. The molecule has 1 aromatic rings. The molecule has 2 atom stereocenters. The summed E-state index contributed by atoms with van der Waals surface area (Å²) in [5.74, 6) is 2.09. The summed E-state index contributed by atoms with van der Waals surface area (Å²) < 4.78 is 5.06. The summed E-state index contributed by atoms with van der Waals surface area (Å²) in [4.78, 5) is 8.38. The van der Waals surface area contributed by atoms with Crippen LogP contribution in [0.25, 0.3) is 0 Å². The van der Waals surface area contributed by atoms with Gasteiger partial charge < -0.3 is 15.2 Å². The van der Waals surface area contributed by atoms with E-state index in [0.29, 0.717) is 23.7 Å². The number of ether oxygens (including phenoxy) is 1. The third-order valence-electron chi connectivity index (χ3n) is 3.66. The molecule has 2 rings (SSSR count). The predicted octanol–water partition coefficient (Wildman–Crippen LogP) is 1.70. The molecule has 1 heterocycles. The number of anilines is 1. The first kappa shape index (κ1) is 13.1. The number of nitrogens with zero attached hydrogens (tertiary/aromatic N) is 2. The van der Waals surface area contributed by atoms with Gasteiger partial charge in [-0.05, 0) is 24.7 Å². The number of aromatic nitrogens is 2. The van der Waals surface area contributed by atoms with Crippen LogP contribution in [-0.4, -0.2) is 35.3 Å². The third-order valence-corrected chi connectivity index (χ3v) is 3.66. The molecule has 1 aromatic heterocycles.